The van der Waals surface area contributed by atoms with E-state index >= 15 is 0 Å². The van der Waals surface area contributed by atoms with Crippen LogP contribution in [0.2, 0.25) is 0 Å². The van der Waals surface area contributed by atoms with Gasteiger partial charge in [0.05, 0.1) is 0 Å². The highest BCUT2D eigenvalue weighted by atomic mass is 16.2. The molecular formula is C21H31N5O2. The minimum atomic E-state index is -0.245. The smallest absolute Gasteiger partial charge is 0.235 e. The Labute approximate surface area is 166 Å². The first-order chi connectivity index (χ1) is 13.4. The number of amides is 2. The van der Waals surface area contributed by atoms with Gasteiger partial charge in [0.1, 0.15) is 0 Å². The lowest BCUT2D eigenvalue weighted by molar-refractivity contribution is -0.121. The number of benzene rings is 2. The van der Waals surface area contributed by atoms with E-state index in [1.54, 1.807) is 0 Å². The molecule has 0 heterocycles. The van der Waals surface area contributed by atoms with Crippen LogP contribution in [0.3, 0.4) is 0 Å². The molecule has 7 heteroatoms. The molecule has 2 rings (SSSR count). The van der Waals surface area contributed by atoms with Gasteiger partial charge in [0, 0.05) is 24.9 Å². The van der Waals surface area contributed by atoms with Gasteiger partial charge in [-0.2, -0.15) is 0 Å². The van der Waals surface area contributed by atoms with Crippen LogP contribution in [0.5, 0.6) is 0 Å². The minimum absolute atomic E-state index is 0.0471. The highest BCUT2D eigenvalue weighted by molar-refractivity contribution is 5.76. The van der Waals surface area contributed by atoms with Crippen LogP contribution in [0.4, 0.5) is 0 Å². The Morgan fingerprint density at radius 1 is 0.750 bits per heavy atom. The van der Waals surface area contributed by atoms with Gasteiger partial charge in [0.25, 0.3) is 0 Å². The normalized spacial score (nSPS) is 12.1. The summed E-state index contributed by atoms with van der Waals surface area (Å²) in [6, 6.07) is 21.0. The fraction of sp³-hybridized carbons (Fsp3) is 0.333. The Morgan fingerprint density at radius 3 is 1.43 bits per heavy atom. The monoisotopic (exact) mass is 385 g/mol. The van der Waals surface area contributed by atoms with Gasteiger partial charge in [0.15, 0.2) is 0 Å². The highest BCUT2D eigenvalue weighted by Crippen LogP contribution is 2.07. The molecule has 0 aliphatic rings. The van der Waals surface area contributed by atoms with Crippen LogP contribution >= 0.6 is 0 Å². The lowest BCUT2D eigenvalue weighted by Crippen LogP contribution is -2.43. The van der Waals surface area contributed by atoms with Gasteiger partial charge >= 0.3 is 0 Å². The number of carbonyl (C=O) groups is 2. The Hall–Kier alpha value is -2.74. The number of rotatable bonds is 8. The predicted octanol–water partition coefficient (Wildman–Crippen LogP) is 1.39. The lowest BCUT2D eigenvalue weighted by atomic mass is 10.1. The van der Waals surface area contributed by atoms with Crippen molar-refractivity contribution in [2.75, 3.05) is 0 Å². The molecular weight excluding hydrogens is 354 g/mol. The fourth-order valence-electron chi connectivity index (χ4n) is 2.71. The first-order valence-corrected chi connectivity index (χ1v) is 9.27. The summed E-state index contributed by atoms with van der Waals surface area (Å²) in [5.74, 6) is 9.40. The van der Waals surface area contributed by atoms with Gasteiger partial charge in [0.2, 0.25) is 11.8 Å². The second kappa shape index (κ2) is 13.4. The maximum atomic E-state index is 10.9. The second-order valence-electron chi connectivity index (χ2n) is 6.66. The summed E-state index contributed by atoms with van der Waals surface area (Å²) in [5.41, 5.74) is 6.82. The van der Waals surface area contributed by atoms with Crippen molar-refractivity contribution in [1.82, 2.24) is 16.2 Å². The van der Waals surface area contributed by atoms with E-state index < -0.39 is 0 Å². The van der Waals surface area contributed by atoms with E-state index in [0.717, 1.165) is 6.42 Å². The van der Waals surface area contributed by atoms with Gasteiger partial charge < -0.3 is 5.32 Å². The quantitative estimate of drug-likeness (QED) is 0.267. The van der Waals surface area contributed by atoms with Crippen LogP contribution < -0.4 is 27.9 Å². The average Bonchev–Trinajstić information content (AvgIpc) is 2.69. The zero-order valence-corrected chi connectivity index (χ0v) is 16.5. The van der Waals surface area contributed by atoms with Crippen molar-refractivity contribution in [3.8, 4) is 0 Å². The predicted molar refractivity (Wildman–Crippen MR) is 112 cm³/mol. The zero-order chi connectivity index (χ0) is 20.8. The molecule has 2 unspecified atom stereocenters. The molecule has 0 spiro atoms. The summed E-state index contributed by atoms with van der Waals surface area (Å²) >= 11 is 0. The van der Waals surface area contributed by atoms with Crippen molar-refractivity contribution in [2.24, 2.45) is 11.7 Å². The molecule has 0 aromatic heterocycles. The molecule has 2 amide bonds. The molecule has 0 aliphatic heterocycles. The van der Waals surface area contributed by atoms with E-state index in [1.807, 2.05) is 24.7 Å². The van der Waals surface area contributed by atoms with Gasteiger partial charge in [-0.15, -0.1) is 0 Å². The van der Waals surface area contributed by atoms with Gasteiger partial charge in [-0.05, 0) is 31.4 Å². The van der Waals surface area contributed by atoms with Crippen molar-refractivity contribution in [2.45, 2.75) is 45.2 Å². The number of nitrogens with one attached hydrogen (secondary N) is 3. The zero-order valence-electron chi connectivity index (χ0n) is 16.5. The topological polar surface area (TPSA) is 122 Å². The summed E-state index contributed by atoms with van der Waals surface area (Å²) in [6.07, 6.45) is 1.57. The minimum Gasteiger partial charge on any atom is -0.311 e. The molecule has 0 fully saturated rings. The number of hydrazine groups is 2. The van der Waals surface area contributed by atoms with Crippen molar-refractivity contribution in [3.63, 3.8) is 0 Å². The SMILES string of the molecule is CC(CC(=O)NN)NC(C)CC(=O)NN.c1ccc(Cc2ccccc2)cc1. The molecule has 0 saturated carbocycles. The Balaban J connectivity index is 0.000000281. The van der Waals surface area contributed by atoms with Crippen LogP contribution in [-0.4, -0.2) is 23.9 Å². The molecule has 7 N–H and O–H groups in total. The third-order valence-electron chi connectivity index (χ3n) is 3.97. The molecule has 0 radical (unpaired) electrons. The molecule has 2 atom stereocenters. The Kier molecular flexibility index (Phi) is 11.2. The number of hydrogen-bond donors (Lipinski definition) is 5. The van der Waals surface area contributed by atoms with Crippen molar-refractivity contribution in [1.29, 1.82) is 0 Å². The third kappa shape index (κ3) is 10.4. The van der Waals surface area contributed by atoms with Gasteiger partial charge in [-0.25, -0.2) is 11.7 Å². The van der Waals surface area contributed by atoms with Crippen molar-refractivity contribution < 1.29 is 9.59 Å². The first-order valence-electron chi connectivity index (χ1n) is 9.27. The standard InChI is InChI=1S/C13H12.C8H19N5O2/c1-3-7-12(8-4-1)11-13-9-5-2-6-10-13;1-5(3-7(14)12-9)11-6(2)4-8(15)13-10/h1-10H,11H2;5-6,11H,3-4,9-10H2,1-2H3,(H,12,14)(H,13,15). The maximum absolute atomic E-state index is 10.9. The summed E-state index contributed by atoms with van der Waals surface area (Å²) in [6.45, 7) is 3.68. The Bertz CT molecular complexity index is 635. The van der Waals surface area contributed by atoms with Gasteiger partial charge in [-0.3, -0.25) is 20.4 Å². The summed E-state index contributed by atoms with van der Waals surface area (Å²) in [5, 5.41) is 3.08. The van der Waals surface area contributed by atoms with Crippen LogP contribution in [0.25, 0.3) is 0 Å². The maximum Gasteiger partial charge on any atom is 0.235 e. The van der Waals surface area contributed by atoms with E-state index in [9.17, 15) is 9.59 Å². The van der Waals surface area contributed by atoms with E-state index in [2.05, 4.69) is 66.0 Å². The summed E-state index contributed by atoms with van der Waals surface area (Å²) < 4.78 is 0. The molecule has 7 nitrogen and oxygen atoms in total. The Morgan fingerprint density at radius 2 is 1.11 bits per heavy atom. The molecule has 2 aromatic carbocycles. The molecule has 0 saturated heterocycles. The van der Waals surface area contributed by atoms with Gasteiger partial charge in [-0.1, -0.05) is 60.7 Å². The summed E-state index contributed by atoms with van der Waals surface area (Å²) in [7, 11) is 0. The fourth-order valence-corrected chi connectivity index (χ4v) is 2.71. The van der Waals surface area contributed by atoms with E-state index in [1.165, 1.54) is 11.1 Å². The first kappa shape index (κ1) is 23.3. The van der Waals surface area contributed by atoms with Crippen LogP contribution in [-0.2, 0) is 16.0 Å². The number of carbonyl (C=O) groups excluding carboxylic acids is 2. The van der Waals surface area contributed by atoms with E-state index in [0.29, 0.717) is 0 Å². The molecule has 152 valence electrons. The molecule has 2 aromatic rings. The van der Waals surface area contributed by atoms with Crippen LogP contribution in [0.1, 0.15) is 37.8 Å². The average molecular weight is 386 g/mol. The summed E-state index contributed by atoms with van der Waals surface area (Å²) in [4.78, 5) is 21.8. The number of nitrogens with two attached hydrogens (primary N) is 2. The second-order valence-corrected chi connectivity index (χ2v) is 6.66. The van der Waals surface area contributed by atoms with Crippen molar-refractivity contribution in [3.05, 3.63) is 71.8 Å². The molecule has 0 bridgehead atoms. The largest absolute Gasteiger partial charge is 0.311 e. The van der Waals surface area contributed by atoms with Crippen LogP contribution in [0.15, 0.2) is 60.7 Å². The van der Waals surface area contributed by atoms with Crippen LogP contribution in [0, 0.1) is 0 Å². The van der Waals surface area contributed by atoms with Crippen molar-refractivity contribution >= 4 is 11.8 Å². The molecule has 28 heavy (non-hydrogen) atoms. The highest BCUT2D eigenvalue weighted by Gasteiger charge is 2.13. The molecule has 0 aliphatic carbocycles. The van der Waals surface area contributed by atoms with E-state index in [4.69, 9.17) is 11.7 Å². The third-order valence-corrected chi connectivity index (χ3v) is 3.97. The number of hydrogen-bond acceptors (Lipinski definition) is 5. The lowest BCUT2D eigenvalue weighted by Gasteiger charge is -2.18. The van der Waals surface area contributed by atoms with E-state index in [-0.39, 0.29) is 36.7 Å².